The van der Waals surface area contributed by atoms with Crippen molar-refractivity contribution < 1.29 is 4.74 Å². The van der Waals surface area contributed by atoms with Gasteiger partial charge in [0.15, 0.2) is 5.54 Å². The molecule has 0 aliphatic rings. The summed E-state index contributed by atoms with van der Waals surface area (Å²) < 4.78 is 6.36. The van der Waals surface area contributed by atoms with Crippen molar-refractivity contribution in [2.24, 2.45) is 5.73 Å². The zero-order valence-electron chi connectivity index (χ0n) is 27.0. The van der Waals surface area contributed by atoms with Crippen LogP contribution in [0.3, 0.4) is 0 Å². The highest BCUT2D eigenvalue weighted by Gasteiger charge is 2.41. The summed E-state index contributed by atoms with van der Waals surface area (Å²) in [5.41, 5.74) is 14.8. The van der Waals surface area contributed by atoms with E-state index < -0.39 is 5.54 Å². The first kappa shape index (κ1) is 30.7. The molecule has 0 radical (unpaired) electrons. The molecule has 0 saturated heterocycles. The normalized spacial score (nSPS) is 11.4. The molecular weight excluding hydrogens is 592 g/mol. The van der Waals surface area contributed by atoms with Gasteiger partial charge in [-0.3, -0.25) is 4.98 Å². The first-order chi connectivity index (χ1) is 23.6. The fourth-order valence-electron chi connectivity index (χ4n) is 6.44. The van der Waals surface area contributed by atoms with E-state index in [1.54, 1.807) is 4.80 Å². The molecule has 236 valence electrons. The summed E-state index contributed by atoms with van der Waals surface area (Å²) in [6.45, 7) is 4.62. The van der Waals surface area contributed by atoms with Gasteiger partial charge < -0.3 is 10.5 Å². The predicted molar refractivity (Wildman–Crippen MR) is 189 cm³/mol. The summed E-state index contributed by atoms with van der Waals surface area (Å²) in [7, 11) is 0. The summed E-state index contributed by atoms with van der Waals surface area (Å²) in [6.07, 6.45) is 0. The van der Waals surface area contributed by atoms with Gasteiger partial charge in [0.25, 0.3) is 0 Å². The summed E-state index contributed by atoms with van der Waals surface area (Å²) in [5.74, 6) is 1.26. The Labute approximate surface area is 280 Å². The maximum Gasteiger partial charge on any atom is 0.205 e. The van der Waals surface area contributed by atoms with E-state index in [-0.39, 0.29) is 0 Å². The van der Waals surface area contributed by atoms with Gasteiger partial charge in [-0.2, -0.15) is 0 Å². The molecule has 0 amide bonds. The third-order valence-electron chi connectivity index (χ3n) is 8.71. The highest BCUT2D eigenvalue weighted by atomic mass is 16.5. The minimum absolute atomic E-state index is 0.341. The number of nitrogens with two attached hydrogens (primary N) is 1. The monoisotopic (exact) mass is 628 g/mol. The van der Waals surface area contributed by atoms with Crippen LogP contribution >= 0.6 is 0 Å². The molecule has 2 heterocycles. The molecule has 7 nitrogen and oxygen atoms in total. The lowest BCUT2D eigenvalue weighted by atomic mass is 9.77. The average Bonchev–Trinajstić information content (AvgIpc) is 3.63. The van der Waals surface area contributed by atoms with Crippen molar-refractivity contribution in [3.8, 4) is 28.3 Å². The van der Waals surface area contributed by atoms with Crippen molar-refractivity contribution in [2.45, 2.75) is 32.5 Å². The third-order valence-corrected chi connectivity index (χ3v) is 8.71. The first-order valence-corrected chi connectivity index (χ1v) is 16.0. The number of aryl methyl sites for hydroxylation is 2. The molecule has 0 aliphatic heterocycles. The van der Waals surface area contributed by atoms with Gasteiger partial charge in [-0.25, -0.2) is 0 Å². The number of benzene rings is 5. The van der Waals surface area contributed by atoms with Gasteiger partial charge in [0.1, 0.15) is 12.4 Å². The number of aromatic nitrogens is 5. The number of hydrogen-bond acceptors (Lipinski definition) is 6. The van der Waals surface area contributed by atoms with Crippen molar-refractivity contribution in [1.29, 1.82) is 0 Å². The van der Waals surface area contributed by atoms with Crippen LogP contribution in [0.2, 0.25) is 0 Å². The van der Waals surface area contributed by atoms with Gasteiger partial charge in [0.2, 0.25) is 5.82 Å². The summed E-state index contributed by atoms with van der Waals surface area (Å²) in [5, 5.41) is 14.8. The standard InChI is InChI=1S/C41H36N6O/c1-29-25-39(38(27-42)30(2)43-29)48-28-31-23-24-36(32-15-7-3-8-16-32)37(26-31)40-44-46-47(45-40)41(33-17-9-4-10-18-33,34-19-11-5-12-20-34)35-21-13-6-14-22-35/h3-26H,27-28,42H2,1-2H3. The average molecular weight is 629 g/mol. The third kappa shape index (κ3) is 5.76. The second-order valence-corrected chi connectivity index (χ2v) is 11.8. The van der Waals surface area contributed by atoms with E-state index in [0.29, 0.717) is 19.0 Å². The van der Waals surface area contributed by atoms with E-state index in [0.717, 1.165) is 61.6 Å². The Morgan fingerprint density at radius 3 is 1.79 bits per heavy atom. The first-order valence-electron chi connectivity index (χ1n) is 16.0. The Morgan fingerprint density at radius 1 is 0.667 bits per heavy atom. The molecule has 48 heavy (non-hydrogen) atoms. The molecule has 7 rings (SSSR count). The Morgan fingerprint density at radius 2 is 1.23 bits per heavy atom. The highest BCUT2D eigenvalue weighted by molar-refractivity contribution is 5.81. The molecule has 0 atom stereocenters. The molecule has 0 bridgehead atoms. The van der Waals surface area contributed by atoms with Crippen molar-refractivity contribution in [3.63, 3.8) is 0 Å². The fraction of sp³-hybridized carbons (Fsp3) is 0.122. The van der Waals surface area contributed by atoms with Gasteiger partial charge in [-0.15, -0.1) is 15.0 Å². The number of nitrogens with zero attached hydrogens (tertiary/aromatic N) is 5. The fourth-order valence-corrected chi connectivity index (χ4v) is 6.44. The van der Waals surface area contributed by atoms with E-state index in [9.17, 15) is 0 Å². The minimum Gasteiger partial charge on any atom is -0.488 e. The molecule has 0 aliphatic carbocycles. The van der Waals surface area contributed by atoms with Gasteiger partial charge in [0, 0.05) is 35.1 Å². The zero-order valence-corrected chi connectivity index (χ0v) is 27.0. The van der Waals surface area contributed by atoms with Crippen LogP contribution in [0.4, 0.5) is 0 Å². The van der Waals surface area contributed by atoms with Crippen molar-refractivity contribution in [1.82, 2.24) is 25.2 Å². The second kappa shape index (κ2) is 13.4. The van der Waals surface area contributed by atoms with Crippen LogP contribution in [-0.4, -0.2) is 25.2 Å². The lowest BCUT2D eigenvalue weighted by molar-refractivity contribution is 0.302. The van der Waals surface area contributed by atoms with E-state index in [1.807, 2.05) is 92.7 Å². The van der Waals surface area contributed by atoms with Crippen LogP contribution in [0.1, 0.15) is 39.2 Å². The van der Waals surface area contributed by atoms with Crippen LogP contribution in [0.5, 0.6) is 5.75 Å². The number of hydrogen-bond donors (Lipinski definition) is 1. The van der Waals surface area contributed by atoms with Crippen LogP contribution < -0.4 is 10.5 Å². The zero-order chi connectivity index (χ0) is 32.9. The molecular formula is C41H36N6O. The second-order valence-electron chi connectivity index (χ2n) is 11.8. The molecule has 0 fully saturated rings. The molecule has 2 aromatic heterocycles. The molecule has 7 heteroatoms. The van der Waals surface area contributed by atoms with E-state index >= 15 is 0 Å². The SMILES string of the molecule is Cc1cc(OCc2ccc(-c3ccccc3)c(-c3nnn(C(c4ccccc4)(c4ccccc4)c4ccccc4)n3)c2)c(CN)c(C)n1. The van der Waals surface area contributed by atoms with Crippen LogP contribution in [-0.2, 0) is 18.7 Å². The van der Waals surface area contributed by atoms with Crippen molar-refractivity contribution in [2.75, 3.05) is 0 Å². The summed E-state index contributed by atoms with van der Waals surface area (Å²) in [6, 6.07) is 49.6. The van der Waals surface area contributed by atoms with E-state index in [4.69, 9.17) is 25.9 Å². The number of ether oxygens (including phenoxy) is 1. The van der Waals surface area contributed by atoms with Crippen molar-refractivity contribution >= 4 is 0 Å². The summed E-state index contributed by atoms with van der Waals surface area (Å²) in [4.78, 5) is 6.32. The van der Waals surface area contributed by atoms with Gasteiger partial charge in [-0.05, 0) is 58.5 Å². The van der Waals surface area contributed by atoms with E-state index in [2.05, 4.69) is 71.7 Å². The van der Waals surface area contributed by atoms with Gasteiger partial charge in [-0.1, -0.05) is 133 Å². The van der Waals surface area contributed by atoms with Gasteiger partial charge >= 0.3 is 0 Å². The maximum atomic E-state index is 6.36. The molecule has 2 N–H and O–H groups in total. The maximum absolute atomic E-state index is 6.36. The predicted octanol–water partition coefficient (Wildman–Crippen LogP) is 7.90. The molecule has 7 aromatic rings. The van der Waals surface area contributed by atoms with E-state index in [1.165, 1.54) is 0 Å². The highest BCUT2D eigenvalue weighted by Crippen LogP contribution is 2.40. The van der Waals surface area contributed by atoms with Crippen LogP contribution in [0.25, 0.3) is 22.5 Å². The summed E-state index contributed by atoms with van der Waals surface area (Å²) >= 11 is 0. The van der Waals surface area contributed by atoms with Crippen LogP contribution in [0, 0.1) is 13.8 Å². The van der Waals surface area contributed by atoms with Crippen molar-refractivity contribution in [3.05, 3.63) is 185 Å². The quantitative estimate of drug-likeness (QED) is 0.155. The number of rotatable bonds is 10. The number of pyridine rings is 1. The van der Waals surface area contributed by atoms with Gasteiger partial charge in [0.05, 0.1) is 0 Å². The Hall–Kier alpha value is -5.92. The van der Waals surface area contributed by atoms with Crippen LogP contribution in [0.15, 0.2) is 146 Å². The topological polar surface area (TPSA) is 91.7 Å². The number of tetrazole rings is 1. The Kier molecular flexibility index (Phi) is 8.60. The lowest BCUT2D eigenvalue weighted by Gasteiger charge is -2.34. The molecule has 0 spiro atoms. The lowest BCUT2D eigenvalue weighted by Crippen LogP contribution is -2.39. The minimum atomic E-state index is -0.877. The smallest absolute Gasteiger partial charge is 0.205 e. The molecule has 0 saturated carbocycles. The molecule has 0 unspecified atom stereocenters. The largest absolute Gasteiger partial charge is 0.488 e. The molecule has 5 aromatic carbocycles. The Balaban J connectivity index is 1.38. The Bertz CT molecular complexity index is 2030.